The second kappa shape index (κ2) is 4.92. The Balaban J connectivity index is 1.73. The van der Waals surface area contributed by atoms with Crippen molar-refractivity contribution in [1.82, 2.24) is 9.78 Å². The smallest absolute Gasteiger partial charge is 0.337 e. The molecule has 3 aliphatic rings. The molecule has 0 saturated heterocycles. The highest BCUT2D eigenvalue weighted by atomic mass is 16.7. The fourth-order valence-corrected chi connectivity index (χ4v) is 3.57. The van der Waals surface area contributed by atoms with Gasteiger partial charge in [-0.25, -0.2) is 4.79 Å². The number of rotatable bonds is 2. The van der Waals surface area contributed by atoms with Crippen LogP contribution in [0.25, 0.3) is 0 Å². The molecule has 1 aromatic carbocycles. The van der Waals surface area contributed by atoms with Crippen molar-refractivity contribution in [1.29, 1.82) is 0 Å². The van der Waals surface area contributed by atoms with E-state index in [1.807, 2.05) is 25.4 Å². The monoisotopic (exact) mass is 341 g/mol. The Bertz CT molecular complexity index is 946. The summed E-state index contributed by atoms with van der Waals surface area (Å²) in [6.45, 7) is 0.382. The Kier molecular flexibility index (Phi) is 2.79. The zero-order valence-electron chi connectivity index (χ0n) is 13.7. The summed E-state index contributed by atoms with van der Waals surface area (Å²) in [5.41, 5.74) is 3.82. The van der Waals surface area contributed by atoms with Gasteiger partial charge in [-0.1, -0.05) is 0 Å². The van der Waals surface area contributed by atoms with Crippen molar-refractivity contribution in [2.75, 3.05) is 25.8 Å². The van der Waals surface area contributed by atoms with Crippen molar-refractivity contribution in [3.8, 4) is 17.2 Å². The van der Waals surface area contributed by atoms with E-state index in [1.54, 1.807) is 11.8 Å². The summed E-state index contributed by atoms with van der Waals surface area (Å²) in [5, 5.41) is 7.81. The summed E-state index contributed by atoms with van der Waals surface area (Å²) >= 11 is 0. The number of benzene rings is 1. The first-order valence-electron chi connectivity index (χ1n) is 7.84. The zero-order valence-corrected chi connectivity index (χ0v) is 13.7. The van der Waals surface area contributed by atoms with Crippen molar-refractivity contribution in [2.24, 2.45) is 7.05 Å². The van der Waals surface area contributed by atoms with Crippen LogP contribution >= 0.6 is 0 Å². The van der Waals surface area contributed by atoms with Gasteiger partial charge in [-0.2, -0.15) is 5.10 Å². The number of fused-ring (bicyclic) bond motifs is 2. The van der Waals surface area contributed by atoms with Gasteiger partial charge in [0.25, 0.3) is 0 Å². The number of carbonyl (C=O) groups is 1. The van der Waals surface area contributed by atoms with Gasteiger partial charge in [-0.3, -0.25) is 4.68 Å². The van der Waals surface area contributed by atoms with Gasteiger partial charge >= 0.3 is 5.97 Å². The van der Waals surface area contributed by atoms with Gasteiger partial charge in [0.1, 0.15) is 6.61 Å². The Morgan fingerprint density at radius 3 is 3.04 bits per heavy atom. The van der Waals surface area contributed by atoms with E-state index < -0.39 is 0 Å². The Morgan fingerprint density at radius 1 is 1.32 bits per heavy atom. The number of aromatic nitrogens is 2. The Hall–Kier alpha value is -3.16. The predicted molar refractivity (Wildman–Crippen MR) is 85.8 cm³/mol. The molecule has 0 radical (unpaired) electrons. The summed E-state index contributed by atoms with van der Waals surface area (Å²) in [6.07, 6.45) is 1.89. The second-order valence-corrected chi connectivity index (χ2v) is 6.09. The zero-order chi connectivity index (χ0) is 17.1. The molecule has 8 nitrogen and oxygen atoms in total. The van der Waals surface area contributed by atoms with Gasteiger partial charge in [0.2, 0.25) is 12.5 Å². The first kappa shape index (κ1) is 14.2. The van der Waals surface area contributed by atoms with Gasteiger partial charge in [0, 0.05) is 13.2 Å². The SMILES string of the molecule is COc1cc([C@@H]2C3=C(COC3=O)Nc3cn(C)nc32)cc2c1OCO2. The molecule has 3 aliphatic heterocycles. The standard InChI is InChI=1S/C17H15N3O5/c1-20-5-9-15(19-20)13(14-10(18-9)6-23-17(14)21)8-3-11(22-2)16-12(4-8)24-7-25-16/h3-5,13,18H,6-7H2,1-2H3/t13-/m1/s1. The third-order valence-corrected chi connectivity index (χ3v) is 4.61. The summed E-state index contributed by atoms with van der Waals surface area (Å²) < 4.78 is 23.4. The molecule has 1 aromatic heterocycles. The van der Waals surface area contributed by atoms with Crippen LogP contribution in [0.2, 0.25) is 0 Å². The van der Waals surface area contributed by atoms with Gasteiger partial charge in [0.15, 0.2) is 11.5 Å². The van der Waals surface area contributed by atoms with Gasteiger partial charge in [0.05, 0.1) is 35.7 Å². The molecular formula is C17H15N3O5. The summed E-state index contributed by atoms with van der Waals surface area (Å²) in [5.74, 6) is 1.05. The number of ether oxygens (including phenoxy) is 4. The van der Waals surface area contributed by atoms with Crippen molar-refractivity contribution in [3.63, 3.8) is 0 Å². The minimum Gasteiger partial charge on any atom is -0.493 e. The average molecular weight is 341 g/mol. The number of nitrogens with zero attached hydrogens (tertiary/aromatic N) is 2. The van der Waals surface area contributed by atoms with E-state index >= 15 is 0 Å². The average Bonchev–Trinajstić information content (AvgIpc) is 3.30. The number of methoxy groups -OCH3 is 1. The van der Waals surface area contributed by atoms with Crippen molar-refractivity contribution >= 4 is 11.7 Å². The Labute approximate surface area is 142 Å². The molecule has 8 heteroatoms. The maximum absolute atomic E-state index is 12.4. The summed E-state index contributed by atoms with van der Waals surface area (Å²) in [7, 11) is 3.42. The number of cyclic esters (lactones) is 1. The van der Waals surface area contributed by atoms with Crippen LogP contribution in [0.5, 0.6) is 17.2 Å². The molecule has 25 heavy (non-hydrogen) atoms. The molecule has 1 atom stereocenters. The maximum Gasteiger partial charge on any atom is 0.337 e. The second-order valence-electron chi connectivity index (χ2n) is 6.09. The minimum absolute atomic E-state index is 0.145. The molecule has 0 saturated carbocycles. The van der Waals surface area contributed by atoms with E-state index in [0.29, 0.717) is 22.8 Å². The molecule has 4 heterocycles. The highest BCUT2D eigenvalue weighted by Crippen LogP contribution is 2.49. The highest BCUT2D eigenvalue weighted by molar-refractivity contribution is 5.97. The van der Waals surface area contributed by atoms with Crippen molar-refractivity contribution in [2.45, 2.75) is 5.92 Å². The molecule has 0 aliphatic carbocycles. The van der Waals surface area contributed by atoms with E-state index in [4.69, 9.17) is 18.9 Å². The van der Waals surface area contributed by atoms with Gasteiger partial charge < -0.3 is 24.3 Å². The lowest BCUT2D eigenvalue weighted by Crippen LogP contribution is -2.19. The quantitative estimate of drug-likeness (QED) is 0.829. The lowest BCUT2D eigenvalue weighted by Gasteiger charge is -2.23. The lowest BCUT2D eigenvalue weighted by molar-refractivity contribution is -0.136. The van der Waals surface area contributed by atoms with Crippen LogP contribution < -0.4 is 19.5 Å². The van der Waals surface area contributed by atoms with Crippen LogP contribution in [-0.4, -0.2) is 36.3 Å². The Morgan fingerprint density at radius 2 is 2.20 bits per heavy atom. The molecule has 0 spiro atoms. The number of anilines is 1. The first-order chi connectivity index (χ1) is 12.2. The maximum atomic E-state index is 12.4. The number of aryl methyl sites for hydroxylation is 1. The number of hydrogen-bond acceptors (Lipinski definition) is 7. The third kappa shape index (κ3) is 1.93. The number of esters is 1. The van der Waals surface area contributed by atoms with E-state index in [2.05, 4.69) is 10.4 Å². The van der Waals surface area contributed by atoms with E-state index in [9.17, 15) is 4.79 Å². The fraction of sp³-hybridized carbons (Fsp3) is 0.294. The third-order valence-electron chi connectivity index (χ3n) is 4.61. The van der Waals surface area contributed by atoms with Crippen LogP contribution in [0.15, 0.2) is 29.6 Å². The largest absolute Gasteiger partial charge is 0.493 e. The van der Waals surface area contributed by atoms with Crippen molar-refractivity contribution in [3.05, 3.63) is 40.9 Å². The molecule has 128 valence electrons. The molecule has 0 bridgehead atoms. The topological polar surface area (TPSA) is 83.8 Å². The molecule has 1 N–H and O–H groups in total. The number of hydrogen-bond donors (Lipinski definition) is 1. The molecule has 5 rings (SSSR count). The predicted octanol–water partition coefficient (Wildman–Crippen LogP) is 1.53. The van der Waals surface area contributed by atoms with E-state index in [0.717, 1.165) is 22.6 Å². The first-order valence-corrected chi connectivity index (χ1v) is 7.84. The molecule has 0 unspecified atom stereocenters. The van der Waals surface area contributed by atoms with Gasteiger partial charge in [-0.05, 0) is 17.7 Å². The van der Waals surface area contributed by atoms with Crippen LogP contribution in [0.4, 0.5) is 5.69 Å². The molecule has 0 fully saturated rings. The normalized spacial score (nSPS) is 20.1. The van der Waals surface area contributed by atoms with Crippen LogP contribution in [0, 0.1) is 0 Å². The number of nitrogens with one attached hydrogen (secondary N) is 1. The van der Waals surface area contributed by atoms with Crippen LogP contribution in [0.3, 0.4) is 0 Å². The fourth-order valence-electron chi connectivity index (χ4n) is 3.57. The summed E-state index contributed by atoms with van der Waals surface area (Å²) in [6, 6.07) is 3.73. The minimum atomic E-state index is -0.356. The van der Waals surface area contributed by atoms with E-state index in [1.165, 1.54) is 0 Å². The van der Waals surface area contributed by atoms with E-state index in [-0.39, 0.29) is 25.3 Å². The van der Waals surface area contributed by atoms with Gasteiger partial charge in [-0.15, -0.1) is 0 Å². The molecule has 2 aromatic rings. The highest BCUT2D eigenvalue weighted by Gasteiger charge is 2.41. The van der Waals surface area contributed by atoms with Crippen molar-refractivity contribution < 1.29 is 23.7 Å². The lowest BCUT2D eigenvalue weighted by atomic mass is 9.84. The molecular weight excluding hydrogens is 326 g/mol. The molecule has 0 amide bonds. The number of carbonyl (C=O) groups excluding carboxylic acids is 1. The van der Waals surface area contributed by atoms with Crippen LogP contribution in [0.1, 0.15) is 17.2 Å². The summed E-state index contributed by atoms with van der Waals surface area (Å²) in [4.78, 5) is 12.4. The van der Waals surface area contributed by atoms with Crippen LogP contribution in [-0.2, 0) is 16.6 Å².